The van der Waals surface area contributed by atoms with Crippen molar-refractivity contribution in [1.82, 2.24) is 5.32 Å². The lowest BCUT2D eigenvalue weighted by atomic mass is 10.1. The van der Waals surface area contributed by atoms with Gasteiger partial charge in [0, 0.05) is 17.6 Å². The van der Waals surface area contributed by atoms with Gasteiger partial charge in [-0.25, -0.2) is 0 Å². The fourth-order valence-corrected chi connectivity index (χ4v) is 2.28. The molecule has 0 spiro atoms. The first-order valence-electron chi connectivity index (χ1n) is 7.22. The highest BCUT2D eigenvalue weighted by Crippen LogP contribution is 2.15. The molecule has 21 heavy (non-hydrogen) atoms. The highest BCUT2D eigenvalue weighted by Gasteiger charge is 2.05. The lowest BCUT2D eigenvalue weighted by Gasteiger charge is -2.16. The van der Waals surface area contributed by atoms with Crippen molar-refractivity contribution in [3.8, 4) is 5.75 Å². The summed E-state index contributed by atoms with van der Waals surface area (Å²) in [7, 11) is 0. The fourth-order valence-electron chi connectivity index (χ4n) is 2.06. The molecule has 3 heteroatoms. The van der Waals surface area contributed by atoms with Gasteiger partial charge >= 0.3 is 0 Å². The Morgan fingerprint density at radius 1 is 1.10 bits per heavy atom. The topological polar surface area (TPSA) is 21.3 Å². The molecule has 0 saturated carbocycles. The molecule has 0 radical (unpaired) electrons. The van der Waals surface area contributed by atoms with Gasteiger partial charge in [0.25, 0.3) is 0 Å². The second-order valence-electron chi connectivity index (χ2n) is 5.48. The van der Waals surface area contributed by atoms with Crippen molar-refractivity contribution < 1.29 is 4.74 Å². The van der Waals surface area contributed by atoms with Crippen LogP contribution < -0.4 is 10.1 Å². The molecule has 1 N–H and O–H groups in total. The Morgan fingerprint density at radius 2 is 1.81 bits per heavy atom. The van der Waals surface area contributed by atoms with E-state index in [1.165, 1.54) is 16.7 Å². The number of nitrogens with one attached hydrogen (secondary N) is 1. The Kier molecular flexibility index (Phi) is 5.66. The van der Waals surface area contributed by atoms with Crippen LogP contribution in [-0.4, -0.2) is 12.6 Å². The van der Waals surface area contributed by atoms with Crippen molar-refractivity contribution in [3.05, 3.63) is 64.2 Å². The lowest BCUT2D eigenvalue weighted by Crippen LogP contribution is -2.31. The summed E-state index contributed by atoms with van der Waals surface area (Å²) in [5, 5.41) is 4.26. The number of hydrogen-bond donors (Lipinski definition) is 1. The number of rotatable bonds is 6. The van der Waals surface area contributed by atoms with Crippen LogP contribution >= 0.6 is 11.6 Å². The first-order chi connectivity index (χ1) is 10.0. The van der Waals surface area contributed by atoms with Gasteiger partial charge in [-0.1, -0.05) is 35.4 Å². The second kappa shape index (κ2) is 7.48. The van der Waals surface area contributed by atoms with Crippen LogP contribution in [0.3, 0.4) is 0 Å². The van der Waals surface area contributed by atoms with E-state index in [4.69, 9.17) is 16.3 Å². The van der Waals surface area contributed by atoms with Crippen LogP contribution in [0.1, 0.15) is 23.6 Å². The molecule has 0 aliphatic rings. The van der Waals surface area contributed by atoms with E-state index in [0.717, 1.165) is 17.3 Å². The molecule has 0 saturated heterocycles. The Morgan fingerprint density at radius 3 is 2.48 bits per heavy atom. The van der Waals surface area contributed by atoms with E-state index in [1.54, 1.807) is 0 Å². The molecule has 0 fully saturated rings. The van der Waals surface area contributed by atoms with E-state index in [-0.39, 0.29) is 6.04 Å². The van der Waals surface area contributed by atoms with Crippen molar-refractivity contribution >= 4 is 11.6 Å². The van der Waals surface area contributed by atoms with Crippen molar-refractivity contribution in [2.45, 2.75) is 33.4 Å². The van der Waals surface area contributed by atoms with Crippen LogP contribution in [0.2, 0.25) is 5.02 Å². The minimum Gasteiger partial charge on any atom is -0.492 e. The molecule has 2 aromatic rings. The van der Waals surface area contributed by atoms with Crippen LogP contribution in [0.15, 0.2) is 42.5 Å². The monoisotopic (exact) mass is 303 g/mol. The van der Waals surface area contributed by atoms with Gasteiger partial charge in [0.15, 0.2) is 0 Å². The highest BCUT2D eigenvalue weighted by atomic mass is 35.5. The molecule has 2 rings (SSSR count). The molecule has 0 bridgehead atoms. The Hall–Kier alpha value is -1.51. The summed E-state index contributed by atoms with van der Waals surface area (Å²) >= 11 is 5.97. The van der Waals surface area contributed by atoms with Crippen molar-refractivity contribution in [1.29, 1.82) is 0 Å². The van der Waals surface area contributed by atoms with Crippen LogP contribution in [0, 0.1) is 13.8 Å². The molecule has 0 aromatic heterocycles. The molecule has 1 atom stereocenters. The fraction of sp³-hybridized carbons (Fsp3) is 0.333. The molecule has 0 aliphatic heterocycles. The van der Waals surface area contributed by atoms with Gasteiger partial charge in [-0.3, -0.25) is 0 Å². The zero-order valence-electron chi connectivity index (χ0n) is 12.8. The molecule has 0 aliphatic carbocycles. The minimum atomic E-state index is 0.279. The predicted molar refractivity (Wildman–Crippen MR) is 89.2 cm³/mol. The summed E-state index contributed by atoms with van der Waals surface area (Å²) in [6.45, 7) is 7.75. The van der Waals surface area contributed by atoms with Gasteiger partial charge in [0.2, 0.25) is 0 Å². The van der Waals surface area contributed by atoms with Crippen molar-refractivity contribution in [3.63, 3.8) is 0 Å². The van der Waals surface area contributed by atoms with Crippen LogP contribution in [0.4, 0.5) is 0 Å². The van der Waals surface area contributed by atoms with Gasteiger partial charge in [-0.05, 0) is 56.2 Å². The maximum atomic E-state index is 5.97. The molecule has 2 nitrogen and oxygen atoms in total. The molecule has 2 aromatic carbocycles. The Balaban J connectivity index is 1.79. The van der Waals surface area contributed by atoms with Crippen LogP contribution in [-0.2, 0) is 6.54 Å². The molecular weight excluding hydrogens is 282 g/mol. The van der Waals surface area contributed by atoms with E-state index in [0.29, 0.717) is 6.61 Å². The van der Waals surface area contributed by atoms with E-state index in [9.17, 15) is 0 Å². The number of benzene rings is 2. The third kappa shape index (κ3) is 5.07. The normalized spacial score (nSPS) is 12.2. The zero-order valence-corrected chi connectivity index (χ0v) is 13.6. The Bertz CT molecular complexity index is 580. The third-order valence-corrected chi connectivity index (χ3v) is 3.70. The SMILES string of the molecule is Cc1ccc(OCC(C)NCc2ccc(Cl)cc2C)cc1. The summed E-state index contributed by atoms with van der Waals surface area (Å²) in [5.41, 5.74) is 3.72. The first-order valence-corrected chi connectivity index (χ1v) is 7.60. The molecule has 1 unspecified atom stereocenters. The van der Waals surface area contributed by atoms with Gasteiger partial charge in [-0.15, -0.1) is 0 Å². The highest BCUT2D eigenvalue weighted by molar-refractivity contribution is 6.30. The molecule has 112 valence electrons. The smallest absolute Gasteiger partial charge is 0.119 e. The molecular formula is C18H22ClNO. The standard InChI is InChI=1S/C18H22ClNO/c1-13-4-8-18(9-5-13)21-12-15(3)20-11-16-6-7-17(19)10-14(16)2/h4-10,15,20H,11-12H2,1-3H3. The van der Waals surface area contributed by atoms with E-state index >= 15 is 0 Å². The van der Waals surface area contributed by atoms with Crippen molar-refractivity contribution in [2.75, 3.05) is 6.61 Å². The Labute approximate surface area is 132 Å². The second-order valence-corrected chi connectivity index (χ2v) is 5.91. The van der Waals surface area contributed by atoms with E-state index in [2.05, 4.69) is 44.3 Å². The van der Waals surface area contributed by atoms with Gasteiger partial charge < -0.3 is 10.1 Å². The summed E-state index contributed by atoms with van der Waals surface area (Å²) in [5.74, 6) is 0.914. The number of aryl methyl sites for hydroxylation is 2. The summed E-state index contributed by atoms with van der Waals surface area (Å²) in [6, 6.07) is 14.4. The number of hydrogen-bond acceptors (Lipinski definition) is 2. The van der Waals surface area contributed by atoms with E-state index < -0.39 is 0 Å². The predicted octanol–water partition coefficient (Wildman–Crippen LogP) is 4.51. The van der Waals surface area contributed by atoms with Crippen LogP contribution in [0.25, 0.3) is 0 Å². The molecule has 0 amide bonds. The van der Waals surface area contributed by atoms with Gasteiger partial charge in [-0.2, -0.15) is 0 Å². The van der Waals surface area contributed by atoms with Gasteiger partial charge in [0.05, 0.1) is 0 Å². The minimum absolute atomic E-state index is 0.279. The zero-order chi connectivity index (χ0) is 15.2. The average molecular weight is 304 g/mol. The largest absolute Gasteiger partial charge is 0.492 e. The maximum absolute atomic E-state index is 5.97. The first kappa shape index (κ1) is 15.9. The van der Waals surface area contributed by atoms with Gasteiger partial charge in [0.1, 0.15) is 12.4 Å². The number of ether oxygens (including phenoxy) is 1. The summed E-state index contributed by atoms with van der Waals surface area (Å²) < 4.78 is 5.78. The quantitative estimate of drug-likeness (QED) is 0.847. The summed E-state index contributed by atoms with van der Waals surface area (Å²) in [6.07, 6.45) is 0. The van der Waals surface area contributed by atoms with Crippen molar-refractivity contribution in [2.24, 2.45) is 0 Å². The van der Waals surface area contributed by atoms with Crippen LogP contribution in [0.5, 0.6) is 5.75 Å². The number of halogens is 1. The summed E-state index contributed by atoms with van der Waals surface area (Å²) in [4.78, 5) is 0. The third-order valence-electron chi connectivity index (χ3n) is 3.47. The average Bonchev–Trinajstić information content (AvgIpc) is 2.46. The molecule has 0 heterocycles. The van der Waals surface area contributed by atoms with E-state index in [1.807, 2.05) is 24.3 Å². The lowest BCUT2D eigenvalue weighted by molar-refractivity contribution is 0.272. The maximum Gasteiger partial charge on any atom is 0.119 e.